The minimum Gasteiger partial charge on any atom is -0.497 e. The smallest absolute Gasteiger partial charge is 0.310 e. The molecule has 2 unspecified atom stereocenters. The molecule has 110 valence electrons. The van der Waals surface area contributed by atoms with Crippen LogP contribution in [0, 0.1) is 5.92 Å². The molecule has 2 atom stereocenters. The van der Waals surface area contributed by atoms with Gasteiger partial charge in [0.1, 0.15) is 11.5 Å². The van der Waals surface area contributed by atoms with Crippen LogP contribution in [0.5, 0.6) is 11.5 Å². The van der Waals surface area contributed by atoms with Gasteiger partial charge in [0.25, 0.3) is 0 Å². The Balaban J connectivity index is 2.27. The highest BCUT2D eigenvalue weighted by Gasteiger charge is 2.35. The second-order valence-electron chi connectivity index (χ2n) is 4.77. The van der Waals surface area contributed by atoms with E-state index in [9.17, 15) is 4.79 Å². The van der Waals surface area contributed by atoms with Gasteiger partial charge in [0.2, 0.25) is 0 Å². The van der Waals surface area contributed by atoms with Gasteiger partial charge in [-0.2, -0.15) is 0 Å². The molecule has 0 bridgehead atoms. The minimum absolute atomic E-state index is 0.0815. The van der Waals surface area contributed by atoms with Gasteiger partial charge in [-0.25, -0.2) is 0 Å². The number of carbonyl (C=O) groups is 1. The molecule has 0 amide bonds. The number of methoxy groups -OCH3 is 2. The number of hydrogen-bond donors (Lipinski definition) is 1. The zero-order valence-electron chi connectivity index (χ0n) is 12.1. The van der Waals surface area contributed by atoms with Crippen LogP contribution in [0.1, 0.15) is 18.4 Å². The number of hydrogen-bond acceptors (Lipinski definition) is 5. The first kappa shape index (κ1) is 14.7. The van der Waals surface area contributed by atoms with Crippen molar-refractivity contribution in [2.75, 3.05) is 33.9 Å². The highest BCUT2D eigenvalue weighted by Crippen LogP contribution is 2.34. The Bertz CT molecular complexity index is 453. The van der Waals surface area contributed by atoms with Gasteiger partial charge in [-0.1, -0.05) is 0 Å². The second-order valence-corrected chi connectivity index (χ2v) is 4.77. The molecular formula is C15H21NO4. The maximum atomic E-state index is 12.0. The molecule has 1 aliphatic rings. The van der Waals surface area contributed by atoms with Crippen LogP contribution in [0.25, 0.3) is 0 Å². The van der Waals surface area contributed by atoms with Crippen molar-refractivity contribution in [3.63, 3.8) is 0 Å². The molecule has 1 fully saturated rings. The summed E-state index contributed by atoms with van der Waals surface area (Å²) in [6.07, 6.45) is 0. The molecule has 2 rings (SSSR count). The van der Waals surface area contributed by atoms with E-state index in [0.717, 1.165) is 23.6 Å². The normalized spacial score (nSPS) is 21.6. The van der Waals surface area contributed by atoms with Gasteiger partial charge in [0.15, 0.2) is 0 Å². The molecule has 1 N–H and O–H groups in total. The van der Waals surface area contributed by atoms with Gasteiger partial charge < -0.3 is 19.5 Å². The predicted molar refractivity (Wildman–Crippen MR) is 75.3 cm³/mol. The van der Waals surface area contributed by atoms with Gasteiger partial charge in [-0.15, -0.1) is 0 Å². The van der Waals surface area contributed by atoms with Crippen molar-refractivity contribution in [1.82, 2.24) is 5.32 Å². The summed E-state index contributed by atoms with van der Waals surface area (Å²) < 4.78 is 15.7. The van der Waals surface area contributed by atoms with E-state index in [2.05, 4.69) is 5.32 Å². The number of rotatable bonds is 5. The van der Waals surface area contributed by atoms with Crippen LogP contribution in [-0.2, 0) is 9.53 Å². The fraction of sp³-hybridized carbons (Fsp3) is 0.533. The molecule has 1 saturated heterocycles. The Kier molecular flexibility index (Phi) is 4.84. The molecule has 1 aromatic carbocycles. The van der Waals surface area contributed by atoms with Crippen molar-refractivity contribution in [3.05, 3.63) is 23.8 Å². The van der Waals surface area contributed by atoms with Crippen molar-refractivity contribution in [1.29, 1.82) is 0 Å². The van der Waals surface area contributed by atoms with E-state index in [1.165, 1.54) is 0 Å². The lowest BCUT2D eigenvalue weighted by atomic mass is 9.88. The van der Waals surface area contributed by atoms with E-state index in [0.29, 0.717) is 13.2 Å². The quantitative estimate of drug-likeness (QED) is 0.829. The van der Waals surface area contributed by atoms with Crippen LogP contribution in [-0.4, -0.2) is 39.9 Å². The second kappa shape index (κ2) is 6.61. The monoisotopic (exact) mass is 279 g/mol. The van der Waals surface area contributed by atoms with Crippen molar-refractivity contribution in [2.45, 2.75) is 12.8 Å². The summed E-state index contributed by atoms with van der Waals surface area (Å²) in [6.45, 7) is 3.62. The lowest BCUT2D eigenvalue weighted by molar-refractivity contribution is -0.147. The summed E-state index contributed by atoms with van der Waals surface area (Å²) in [6, 6.07) is 5.73. The summed E-state index contributed by atoms with van der Waals surface area (Å²) in [5.74, 6) is 1.23. The highest BCUT2D eigenvalue weighted by atomic mass is 16.5. The summed E-state index contributed by atoms with van der Waals surface area (Å²) >= 11 is 0. The molecule has 0 saturated carbocycles. The van der Waals surface area contributed by atoms with Crippen molar-refractivity contribution in [3.8, 4) is 11.5 Å². The van der Waals surface area contributed by atoms with Gasteiger partial charge in [0, 0.05) is 25.1 Å². The molecular weight excluding hydrogens is 258 g/mol. The molecule has 1 aliphatic heterocycles. The SMILES string of the molecule is CCOC(=O)C1CNCC1c1cc(OC)cc(OC)c1. The van der Waals surface area contributed by atoms with E-state index in [4.69, 9.17) is 14.2 Å². The van der Waals surface area contributed by atoms with E-state index in [-0.39, 0.29) is 17.8 Å². The topological polar surface area (TPSA) is 56.8 Å². The van der Waals surface area contributed by atoms with Gasteiger partial charge in [0.05, 0.1) is 26.7 Å². The summed E-state index contributed by atoms with van der Waals surface area (Å²) in [5.41, 5.74) is 1.03. The lowest BCUT2D eigenvalue weighted by Crippen LogP contribution is -2.24. The lowest BCUT2D eigenvalue weighted by Gasteiger charge is -2.19. The molecule has 20 heavy (non-hydrogen) atoms. The van der Waals surface area contributed by atoms with Crippen LogP contribution in [0.15, 0.2) is 18.2 Å². The molecule has 1 aromatic rings. The van der Waals surface area contributed by atoms with Crippen LogP contribution in [0.3, 0.4) is 0 Å². The third-order valence-corrected chi connectivity index (χ3v) is 3.61. The highest BCUT2D eigenvalue weighted by molar-refractivity contribution is 5.74. The van der Waals surface area contributed by atoms with Crippen LogP contribution in [0.2, 0.25) is 0 Å². The first-order chi connectivity index (χ1) is 9.69. The third-order valence-electron chi connectivity index (χ3n) is 3.61. The fourth-order valence-electron chi connectivity index (χ4n) is 2.57. The number of benzene rings is 1. The van der Waals surface area contributed by atoms with E-state index in [1.54, 1.807) is 14.2 Å². The predicted octanol–water partition coefficient (Wildman–Crippen LogP) is 1.57. The Hall–Kier alpha value is -1.75. The molecule has 0 aromatic heterocycles. The van der Waals surface area contributed by atoms with Gasteiger partial charge in [-0.3, -0.25) is 4.79 Å². The Morgan fingerprint density at radius 1 is 1.20 bits per heavy atom. The molecule has 5 heteroatoms. The van der Waals surface area contributed by atoms with Crippen LogP contribution in [0.4, 0.5) is 0 Å². The summed E-state index contributed by atoms with van der Waals surface area (Å²) in [5, 5.41) is 3.25. The number of ether oxygens (including phenoxy) is 3. The van der Waals surface area contributed by atoms with E-state index in [1.807, 2.05) is 25.1 Å². The molecule has 5 nitrogen and oxygen atoms in total. The van der Waals surface area contributed by atoms with Crippen molar-refractivity contribution >= 4 is 5.97 Å². The maximum Gasteiger partial charge on any atom is 0.310 e. The van der Waals surface area contributed by atoms with Crippen molar-refractivity contribution < 1.29 is 19.0 Å². The Morgan fingerprint density at radius 2 is 1.85 bits per heavy atom. The van der Waals surface area contributed by atoms with E-state index >= 15 is 0 Å². The van der Waals surface area contributed by atoms with E-state index < -0.39 is 0 Å². The standard InChI is InChI=1S/C15H21NO4/c1-4-20-15(17)14-9-16-8-13(14)10-5-11(18-2)7-12(6-10)19-3/h5-7,13-14,16H,4,8-9H2,1-3H3. The largest absolute Gasteiger partial charge is 0.497 e. The molecule has 0 spiro atoms. The zero-order chi connectivity index (χ0) is 14.5. The third kappa shape index (κ3) is 3.04. The number of carbonyl (C=O) groups excluding carboxylic acids is 1. The first-order valence-corrected chi connectivity index (χ1v) is 6.80. The Morgan fingerprint density at radius 3 is 2.40 bits per heavy atom. The van der Waals surface area contributed by atoms with Gasteiger partial charge in [-0.05, 0) is 24.6 Å². The number of esters is 1. The summed E-state index contributed by atoms with van der Waals surface area (Å²) in [4.78, 5) is 12.0. The Labute approximate surface area is 119 Å². The van der Waals surface area contributed by atoms with Crippen molar-refractivity contribution in [2.24, 2.45) is 5.92 Å². The summed E-state index contributed by atoms with van der Waals surface area (Å²) in [7, 11) is 3.24. The molecule has 0 radical (unpaired) electrons. The average Bonchev–Trinajstić information content (AvgIpc) is 2.96. The average molecular weight is 279 g/mol. The fourth-order valence-corrected chi connectivity index (χ4v) is 2.57. The first-order valence-electron chi connectivity index (χ1n) is 6.80. The minimum atomic E-state index is -0.160. The molecule has 0 aliphatic carbocycles. The molecule has 1 heterocycles. The van der Waals surface area contributed by atoms with Crippen LogP contribution >= 0.6 is 0 Å². The number of nitrogens with one attached hydrogen (secondary N) is 1. The zero-order valence-corrected chi connectivity index (χ0v) is 12.1. The van der Waals surface area contributed by atoms with Crippen LogP contribution < -0.4 is 14.8 Å². The van der Waals surface area contributed by atoms with Gasteiger partial charge >= 0.3 is 5.97 Å². The maximum absolute atomic E-state index is 12.0.